The van der Waals surface area contributed by atoms with Gasteiger partial charge in [-0.25, -0.2) is 0 Å². The van der Waals surface area contributed by atoms with E-state index >= 15 is 0 Å². The molecule has 21 heavy (non-hydrogen) atoms. The topological polar surface area (TPSA) is 27.7 Å². The number of likely N-dealkylation sites (N-methyl/N-ethyl adjacent to an activating group) is 2. The quantitative estimate of drug-likeness (QED) is 0.917. The van der Waals surface area contributed by atoms with Crippen LogP contribution < -0.4 is 10.1 Å². The number of hydrogen-bond acceptors (Lipinski definition) is 4. The summed E-state index contributed by atoms with van der Waals surface area (Å²) in [7, 11) is 4.43. The highest BCUT2D eigenvalue weighted by Gasteiger charge is 2.41. The first-order valence-electron chi connectivity index (χ1n) is 7.87. The summed E-state index contributed by atoms with van der Waals surface area (Å²) < 4.78 is 6.11. The first kappa shape index (κ1) is 14.8. The Morgan fingerprint density at radius 3 is 2.81 bits per heavy atom. The number of rotatable bonds is 3. The average molecular weight is 289 g/mol. The summed E-state index contributed by atoms with van der Waals surface area (Å²) >= 11 is 0. The fraction of sp³-hybridized carbons (Fsp3) is 0.647. The number of benzene rings is 1. The Hall–Kier alpha value is -1.10. The summed E-state index contributed by atoms with van der Waals surface area (Å²) in [6, 6.07) is 9.21. The molecule has 1 aromatic rings. The molecule has 2 aliphatic rings. The SMILES string of the molecule is CN1CCN(C)C(CNC2c3ccccc3OC2(C)C)C1. The Morgan fingerprint density at radius 1 is 1.24 bits per heavy atom. The molecule has 4 nitrogen and oxygen atoms in total. The van der Waals surface area contributed by atoms with E-state index in [4.69, 9.17) is 4.74 Å². The predicted octanol–water partition coefficient (Wildman–Crippen LogP) is 1.73. The number of ether oxygens (including phenoxy) is 1. The molecule has 0 spiro atoms. The second-order valence-corrected chi connectivity index (χ2v) is 6.98. The monoisotopic (exact) mass is 289 g/mol. The average Bonchev–Trinajstić information content (AvgIpc) is 2.69. The van der Waals surface area contributed by atoms with Crippen molar-refractivity contribution in [2.24, 2.45) is 0 Å². The Kier molecular flexibility index (Phi) is 3.95. The van der Waals surface area contributed by atoms with Gasteiger partial charge in [0, 0.05) is 37.8 Å². The first-order valence-corrected chi connectivity index (χ1v) is 7.87. The van der Waals surface area contributed by atoms with E-state index in [0.717, 1.165) is 31.9 Å². The van der Waals surface area contributed by atoms with Crippen LogP contribution in [0.4, 0.5) is 0 Å². The molecule has 2 heterocycles. The molecule has 1 aromatic carbocycles. The van der Waals surface area contributed by atoms with Crippen LogP contribution in [0.5, 0.6) is 5.75 Å². The minimum absolute atomic E-state index is 0.192. The number of fused-ring (bicyclic) bond motifs is 1. The van der Waals surface area contributed by atoms with Crippen molar-refractivity contribution >= 4 is 0 Å². The Morgan fingerprint density at radius 2 is 2.00 bits per heavy atom. The molecule has 1 N–H and O–H groups in total. The summed E-state index contributed by atoms with van der Waals surface area (Å²) in [5.74, 6) is 1.02. The zero-order chi connectivity index (χ0) is 15.0. The Bertz CT molecular complexity index is 503. The third-order valence-corrected chi connectivity index (χ3v) is 4.84. The van der Waals surface area contributed by atoms with Crippen molar-refractivity contribution in [3.8, 4) is 5.75 Å². The molecule has 116 valence electrons. The van der Waals surface area contributed by atoms with Gasteiger partial charge in [-0.15, -0.1) is 0 Å². The first-order chi connectivity index (χ1) is 9.97. The molecule has 1 saturated heterocycles. The van der Waals surface area contributed by atoms with Gasteiger partial charge in [-0.2, -0.15) is 0 Å². The summed E-state index contributed by atoms with van der Waals surface area (Å²) in [5, 5.41) is 3.76. The minimum Gasteiger partial charge on any atom is -0.486 e. The lowest BCUT2D eigenvalue weighted by molar-refractivity contribution is 0.0784. The van der Waals surface area contributed by atoms with Gasteiger partial charge in [-0.05, 0) is 34.0 Å². The molecule has 2 aliphatic heterocycles. The van der Waals surface area contributed by atoms with E-state index in [1.165, 1.54) is 5.56 Å². The molecule has 4 heteroatoms. The molecule has 1 fully saturated rings. The van der Waals surface area contributed by atoms with E-state index in [1.807, 2.05) is 6.07 Å². The number of hydrogen-bond donors (Lipinski definition) is 1. The third kappa shape index (κ3) is 2.93. The lowest BCUT2D eigenvalue weighted by Crippen LogP contribution is -2.55. The van der Waals surface area contributed by atoms with Gasteiger partial charge in [0.05, 0.1) is 6.04 Å². The van der Waals surface area contributed by atoms with E-state index in [-0.39, 0.29) is 11.6 Å². The van der Waals surface area contributed by atoms with Crippen molar-refractivity contribution in [1.82, 2.24) is 15.1 Å². The van der Waals surface area contributed by atoms with E-state index in [1.54, 1.807) is 0 Å². The molecule has 0 aliphatic carbocycles. The largest absolute Gasteiger partial charge is 0.486 e. The van der Waals surface area contributed by atoms with Gasteiger partial charge in [0.2, 0.25) is 0 Å². The van der Waals surface area contributed by atoms with Crippen LogP contribution >= 0.6 is 0 Å². The van der Waals surface area contributed by atoms with Gasteiger partial charge in [-0.3, -0.25) is 4.90 Å². The van der Waals surface area contributed by atoms with Crippen molar-refractivity contribution in [2.75, 3.05) is 40.3 Å². The van der Waals surface area contributed by atoms with E-state index in [2.05, 4.69) is 61.3 Å². The van der Waals surface area contributed by atoms with Crippen LogP contribution in [0.3, 0.4) is 0 Å². The second-order valence-electron chi connectivity index (χ2n) is 6.98. The number of piperazine rings is 1. The second kappa shape index (κ2) is 5.59. The third-order valence-electron chi connectivity index (χ3n) is 4.84. The van der Waals surface area contributed by atoms with Crippen LogP contribution in [0.2, 0.25) is 0 Å². The molecular formula is C17H27N3O. The number of para-hydroxylation sites is 1. The summed E-state index contributed by atoms with van der Waals surface area (Å²) in [6.45, 7) is 8.76. The van der Waals surface area contributed by atoms with Crippen LogP contribution in [0.25, 0.3) is 0 Å². The maximum Gasteiger partial charge on any atom is 0.125 e. The normalized spacial score (nSPS) is 29.1. The van der Waals surface area contributed by atoms with Gasteiger partial charge in [0.25, 0.3) is 0 Å². The summed E-state index contributed by atoms with van der Waals surface area (Å²) in [4.78, 5) is 4.87. The standard InChI is InChI=1S/C17H27N3O/c1-17(2)16(14-7-5-6-8-15(14)21-17)18-11-13-12-19(3)9-10-20(13)4/h5-8,13,16,18H,9-12H2,1-4H3. The molecule has 2 unspecified atom stereocenters. The zero-order valence-electron chi connectivity index (χ0n) is 13.6. The van der Waals surface area contributed by atoms with Crippen LogP contribution in [0.15, 0.2) is 24.3 Å². The lowest BCUT2D eigenvalue weighted by atomic mass is 9.94. The van der Waals surface area contributed by atoms with Crippen LogP contribution in [-0.4, -0.2) is 61.7 Å². The van der Waals surface area contributed by atoms with Crippen molar-refractivity contribution in [1.29, 1.82) is 0 Å². The van der Waals surface area contributed by atoms with Crippen molar-refractivity contribution < 1.29 is 4.74 Å². The minimum atomic E-state index is -0.192. The molecule has 0 amide bonds. The Balaban J connectivity index is 1.69. The molecule has 2 atom stereocenters. The molecule has 0 radical (unpaired) electrons. The van der Waals surface area contributed by atoms with E-state index < -0.39 is 0 Å². The van der Waals surface area contributed by atoms with Gasteiger partial charge < -0.3 is 15.0 Å². The Labute approximate surface area is 128 Å². The van der Waals surface area contributed by atoms with Crippen molar-refractivity contribution in [2.45, 2.75) is 31.5 Å². The van der Waals surface area contributed by atoms with E-state index in [9.17, 15) is 0 Å². The van der Waals surface area contributed by atoms with E-state index in [0.29, 0.717) is 6.04 Å². The van der Waals surface area contributed by atoms with Crippen LogP contribution in [-0.2, 0) is 0 Å². The molecule has 0 bridgehead atoms. The highest BCUT2D eigenvalue weighted by atomic mass is 16.5. The smallest absolute Gasteiger partial charge is 0.125 e. The van der Waals surface area contributed by atoms with Crippen LogP contribution in [0.1, 0.15) is 25.5 Å². The molecule has 0 saturated carbocycles. The van der Waals surface area contributed by atoms with Gasteiger partial charge in [0.15, 0.2) is 0 Å². The highest BCUT2D eigenvalue weighted by Crippen LogP contribution is 2.42. The number of nitrogens with one attached hydrogen (secondary N) is 1. The number of nitrogens with zero attached hydrogens (tertiary/aromatic N) is 2. The maximum atomic E-state index is 6.11. The van der Waals surface area contributed by atoms with Gasteiger partial charge in [-0.1, -0.05) is 18.2 Å². The van der Waals surface area contributed by atoms with Crippen molar-refractivity contribution in [3.63, 3.8) is 0 Å². The van der Waals surface area contributed by atoms with Gasteiger partial charge >= 0.3 is 0 Å². The fourth-order valence-corrected chi connectivity index (χ4v) is 3.46. The van der Waals surface area contributed by atoms with Crippen LogP contribution in [0, 0.1) is 0 Å². The molecular weight excluding hydrogens is 262 g/mol. The zero-order valence-corrected chi connectivity index (χ0v) is 13.6. The summed E-state index contributed by atoms with van der Waals surface area (Å²) in [5.41, 5.74) is 1.09. The maximum absolute atomic E-state index is 6.11. The lowest BCUT2D eigenvalue weighted by Gasteiger charge is -2.39. The predicted molar refractivity (Wildman–Crippen MR) is 85.8 cm³/mol. The molecule has 0 aromatic heterocycles. The van der Waals surface area contributed by atoms with Gasteiger partial charge in [0.1, 0.15) is 11.4 Å². The highest BCUT2D eigenvalue weighted by molar-refractivity contribution is 5.42. The molecule has 3 rings (SSSR count). The van der Waals surface area contributed by atoms with Crippen molar-refractivity contribution in [3.05, 3.63) is 29.8 Å². The summed E-state index contributed by atoms with van der Waals surface area (Å²) in [6.07, 6.45) is 0. The fourth-order valence-electron chi connectivity index (χ4n) is 3.46.